The Balaban J connectivity index is 1.16. The third kappa shape index (κ3) is 5.10. The summed E-state index contributed by atoms with van der Waals surface area (Å²) in [4.78, 5) is 23.0. The number of pyridine rings is 1. The third-order valence-electron chi connectivity index (χ3n) is 8.42. The summed E-state index contributed by atoms with van der Waals surface area (Å²) in [5.41, 5.74) is 3.87. The molecule has 2 bridgehead atoms. The van der Waals surface area contributed by atoms with Crippen LogP contribution in [-0.4, -0.2) is 72.5 Å². The van der Waals surface area contributed by atoms with E-state index in [1.807, 2.05) is 4.90 Å². The largest absolute Gasteiger partial charge is 0.384 e. The fourth-order valence-corrected chi connectivity index (χ4v) is 6.19. The number of nitrogens with zero attached hydrogens (tertiary/aromatic N) is 4. The summed E-state index contributed by atoms with van der Waals surface area (Å²) >= 11 is 0. The van der Waals surface area contributed by atoms with Crippen LogP contribution < -0.4 is 15.5 Å². The van der Waals surface area contributed by atoms with Crippen LogP contribution in [0.2, 0.25) is 0 Å². The number of alkyl halides is 2. The number of amides is 1. The van der Waals surface area contributed by atoms with Gasteiger partial charge in [-0.3, -0.25) is 9.69 Å². The number of halogens is 2. The number of likely N-dealkylation sites (tertiary alicyclic amines) is 2. The van der Waals surface area contributed by atoms with E-state index in [9.17, 15) is 13.6 Å². The van der Waals surface area contributed by atoms with Crippen LogP contribution >= 0.6 is 0 Å². The number of nitrogens with one attached hydrogen (secondary N) is 2. The average Bonchev–Trinajstić information content (AvgIpc) is 3.37. The molecule has 2 N–H and O–H groups in total. The zero-order valence-electron chi connectivity index (χ0n) is 21.4. The van der Waals surface area contributed by atoms with Gasteiger partial charge in [-0.1, -0.05) is 0 Å². The molecule has 2 aromatic rings. The molecule has 1 aromatic heterocycles. The Hall–Kier alpha value is -2.94. The minimum absolute atomic E-state index is 0.102. The molecule has 1 aromatic carbocycles. The number of fused-ring (bicyclic) bond motifs is 2. The van der Waals surface area contributed by atoms with Crippen molar-refractivity contribution in [2.24, 2.45) is 0 Å². The highest BCUT2D eigenvalue weighted by molar-refractivity contribution is 5.78. The van der Waals surface area contributed by atoms with Crippen LogP contribution in [-0.2, 0) is 4.79 Å². The molecular weight excluding hydrogens is 474 g/mol. The van der Waals surface area contributed by atoms with E-state index in [1.165, 1.54) is 36.7 Å². The van der Waals surface area contributed by atoms with Crippen molar-refractivity contribution in [2.75, 3.05) is 55.3 Å². The van der Waals surface area contributed by atoms with Gasteiger partial charge in [0.05, 0.1) is 5.56 Å². The maximum absolute atomic E-state index is 13.7. The Morgan fingerprint density at radius 1 is 1.14 bits per heavy atom. The first-order valence-corrected chi connectivity index (χ1v) is 13.6. The second-order valence-electron chi connectivity index (χ2n) is 11.0. The van der Waals surface area contributed by atoms with Crippen molar-refractivity contribution < 1.29 is 13.6 Å². The molecule has 2 atom stereocenters. The van der Waals surface area contributed by atoms with Crippen LogP contribution in [0.15, 0.2) is 30.5 Å². The monoisotopic (exact) mass is 510 g/mol. The summed E-state index contributed by atoms with van der Waals surface area (Å²) in [6, 6.07) is 9.55. The number of carbonyl (C=O) groups is 1. The van der Waals surface area contributed by atoms with Crippen molar-refractivity contribution in [3.63, 3.8) is 0 Å². The molecule has 3 aliphatic heterocycles. The fourth-order valence-electron chi connectivity index (χ4n) is 6.19. The minimum Gasteiger partial charge on any atom is -0.384 e. The van der Waals surface area contributed by atoms with E-state index in [2.05, 4.69) is 50.7 Å². The van der Waals surface area contributed by atoms with Gasteiger partial charge in [-0.05, 0) is 68.8 Å². The van der Waals surface area contributed by atoms with Crippen LogP contribution in [0.4, 0.5) is 31.7 Å². The Kier molecular flexibility index (Phi) is 6.65. The number of rotatable bonds is 10. The van der Waals surface area contributed by atoms with Gasteiger partial charge in [0, 0.05) is 80.6 Å². The van der Waals surface area contributed by atoms with Gasteiger partial charge in [-0.15, -0.1) is 0 Å². The van der Waals surface area contributed by atoms with Gasteiger partial charge < -0.3 is 20.4 Å². The fraction of sp³-hybridized carbons (Fsp3) is 0.571. The van der Waals surface area contributed by atoms with Crippen molar-refractivity contribution in [3.05, 3.63) is 41.6 Å². The zero-order chi connectivity index (χ0) is 25.5. The normalized spacial score (nSPS) is 23.5. The quantitative estimate of drug-likeness (QED) is 0.441. The number of likely N-dealkylation sites (N-methyl/N-ethyl adjacent to an activating group) is 1. The molecule has 1 aliphatic carbocycles. The first-order chi connectivity index (χ1) is 18.0. The smallest absolute Gasteiger partial charge is 0.267 e. The molecule has 7 nitrogen and oxygen atoms in total. The van der Waals surface area contributed by atoms with Crippen LogP contribution in [0, 0.1) is 0 Å². The second kappa shape index (κ2) is 10.1. The predicted molar refractivity (Wildman–Crippen MR) is 142 cm³/mol. The van der Waals surface area contributed by atoms with Crippen molar-refractivity contribution in [3.8, 4) is 0 Å². The van der Waals surface area contributed by atoms with Crippen LogP contribution in [0.3, 0.4) is 0 Å². The van der Waals surface area contributed by atoms with Gasteiger partial charge in [0.1, 0.15) is 5.82 Å². The molecule has 6 rings (SSSR count). The Morgan fingerprint density at radius 3 is 2.68 bits per heavy atom. The molecule has 1 amide bonds. The summed E-state index contributed by atoms with van der Waals surface area (Å²) in [6.07, 6.45) is 4.47. The Labute approximate surface area is 217 Å². The molecular formula is C28H36F2N6O. The summed E-state index contributed by atoms with van der Waals surface area (Å²) in [5.74, 6) is 1.28. The summed E-state index contributed by atoms with van der Waals surface area (Å²) in [7, 11) is 2.22. The molecule has 4 heterocycles. The van der Waals surface area contributed by atoms with Gasteiger partial charge in [-0.2, -0.15) is 0 Å². The standard InChI is InChI=1S/C28H36F2N6O/c1-34-16-21-12-20(34)17-36(21)19-7-8-24(22(13-19)18-5-6-18)33-26-14-25(23(15-32-26)28(29)30)31-9-3-11-35-10-2-4-27(35)37/h7-8,13-15,18,20-21,28H,2-6,9-12,16-17H2,1H3,(H2,31,32,33). The number of hydrogen-bond donors (Lipinski definition) is 2. The first kappa shape index (κ1) is 24.4. The van der Waals surface area contributed by atoms with E-state index in [1.54, 1.807) is 6.07 Å². The van der Waals surface area contributed by atoms with E-state index in [-0.39, 0.29) is 11.5 Å². The lowest BCUT2D eigenvalue weighted by atomic mass is 10.1. The maximum Gasteiger partial charge on any atom is 0.267 e. The van der Waals surface area contributed by atoms with Crippen LogP contribution in [0.25, 0.3) is 0 Å². The lowest BCUT2D eigenvalue weighted by Gasteiger charge is -2.34. The van der Waals surface area contributed by atoms with Crippen LogP contribution in [0.1, 0.15) is 62.0 Å². The highest BCUT2D eigenvalue weighted by Crippen LogP contribution is 2.46. The topological polar surface area (TPSA) is 63.7 Å². The lowest BCUT2D eigenvalue weighted by molar-refractivity contribution is -0.127. The van der Waals surface area contributed by atoms with E-state index in [0.29, 0.717) is 55.4 Å². The highest BCUT2D eigenvalue weighted by atomic mass is 19.3. The lowest BCUT2D eigenvalue weighted by Crippen LogP contribution is -2.44. The molecule has 1 saturated carbocycles. The maximum atomic E-state index is 13.7. The summed E-state index contributed by atoms with van der Waals surface area (Å²) in [5, 5.41) is 6.59. The van der Waals surface area contributed by atoms with Crippen molar-refractivity contribution in [1.29, 1.82) is 0 Å². The average molecular weight is 511 g/mol. The first-order valence-electron chi connectivity index (χ1n) is 13.6. The minimum atomic E-state index is -2.61. The number of benzene rings is 1. The summed E-state index contributed by atoms with van der Waals surface area (Å²) in [6.45, 7) is 4.16. The molecule has 0 radical (unpaired) electrons. The third-order valence-corrected chi connectivity index (χ3v) is 8.42. The van der Waals surface area contributed by atoms with Crippen molar-refractivity contribution in [1.82, 2.24) is 14.8 Å². The van der Waals surface area contributed by atoms with Gasteiger partial charge in [-0.25, -0.2) is 13.8 Å². The molecule has 4 aliphatic rings. The number of aromatic nitrogens is 1. The van der Waals surface area contributed by atoms with Gasteiger partial charge in [0.2, 0.25) is 5.91 Å². The molecule has 37 heavy (non-hydrogen) atoms. The van der Waals surface area contributed by atoms with E-state index in [0.717, 1.165) is 31.7 Å². The second-order valence-corrected chi connectivity index (χ2v) is 11.0. The van der Waals surface area contributed by atoms with Crippen LogP contribution in [0.5, 0.6) is 0 Å². The SMILES string of the molecule is CN1CC2CC1CN2c1ccc(Nc2cc(NCCCN3CCCC3=O)c(C(F)F)cn2)c(C2CC2)c1. The molecule has 3 saturated heterocycles. The van der Waals surface area contributed by atoms with E-state index < -0.39 is 6.43 Å². The predicted octanol–water partition coefficient (Wildman–Crippen LogP) is 4.96. The zero-order valence-corrected chi connectivity index (χ0v) is 21.4. The number of piperazine rings is 1. The molecule has 198 valence electrons. The molecule has 2 unspecified atom stereocenters. The molecule has 0 spiro atoms. The number of hydrogen-bond acceptors (Lipinski definition) is 6. The molecule has 9 heteroatoms. The van der Waals surface area contributed by atoms with E-state index >= 15 is 0 Å². The number of anilines is 4. The Bertz CT molecular complexity index is 1150. The Morgan fingerprint density at radius 2 is 2.00 bits per heavy atom. The van der Waals surface area contributed by atoms with Crippen molar-refractivity contribution >= 4 is 28.8 Å². The molecule has 4 fully saturated rings. The van der Waals surface area contributed by atoms with Crippen molar-refractivity contribution in [2.45, 2.75) is 63.0 Å². The van der Waals surface area contributed by atoms with Gasteiger partial charge >= 0.3 is 0 Å². The number of carbonyl (C=O) groups excluding carboxylic acids is 1. The van der Waals surface area contributed by atoms with Gasteiger partial charge in [0.15, 0.2) is 0 Å². The highest BCUT2D eigenvalue weighted by Gasteiger charge is 2.41. The summed E-state index contributed by atoms with van der Waals surface area (Å²) < 4.78 is 27.4. The van der Waals surface area contributed by atoms with Gasteiger partial charge in [0.25, 0.3) is 6.43 Å². The van der Waals surface area contributed by atoms with E-state index in [4.69, 9.17) is 0 Å².